The first kappa shape index (κ1) is 17.3. The number of hydrogen-bond acceptors (Lipinski definition) is 3. The van der Waals surface area contributed by atoms with Crippen LogP contribution >= 0.6 is 11.3 Å². The Hall–Kier alpha value is -2.01. The highest BCUT2D eigenvalue weighted by atomic mass is 32.1. The number of thiophene rings is 1. The molecule has 0 aliphatic rings. The topological polar surface area (TPSA) is 45.7 Å². The Kier molecular flexibility index (Phi) is 7.46. The molecule has 0 radical (unpaired) electrons. The molecule has 0 atom stereocenters. The van der Waals surface area contributed by atoms with Crippen LogP contribution in [-0.2, 0) is 12.8 Å². The van der Waals surface area contributed by atoms with Gasteiger partial charge in [0.15, 0.2) is 5.96 Å². The van der Waals surface area contributed by atoms with Crippen molar-refractivity contribution in [2.45, 2.75) is 19.8 Å². The summed E-state index contributed by atoms with van der Waals surface area (Å²) in [4.78, 5) is 6.01. The lowest BCUT2D eigenvalue weighted by atomic mass is 10.1. The fourth-order valence-electron chi connectivity index (χ4n) is 2.23. The normalized spacial score (nSPS) is 11.3. The van der Waals surface area contributed by atoms with E-state index in [-0.39, 0.29) is 0 Å². The predicted molar refractivity (Wildman–Crippen MR) is 98.7 cm³/mol. The number of ether oxygens (including phenoxy) is 1. The van der Waals surface area contributed by atoms with Gasteiger partial charge in [-0.05, 0) is 42.5 Å². The van der Waals surface area contributed by atoms with Gasteiger partial charge in [-0.3, -0.25) is 4.99 Å². The minimum atomic E-state index is 0.801. The zero-order valence-corrected chi connectivity index (χ0v) is 14.7. The van der Waals surface area contributed by atoms with Crippen LogP contribution in [0.25, 0.3) is 0 Å². The molecule has 0 saturated heterocycles. The van der Waals surface area contributed by atoms with Crippen LogP contribution in [-0.4, -0.2) is 32.7 Å². The number of guanidine groups is 1. The van der Waals surface area contributed by atoms with Gasteiger partial charge in [0, 0.05) is 30.9 Å². The third-order valence-electron chi connectivity index (χ3n) is 3.39. The molecule has 0 aliphatic carbocycles. The van der Waals surface area contributed by atoms with Crippen LogP contribution in [0.4, 0.5) is 0 Å². The quantitative estimate of drug-likeness (QED) is 0.577. The van der Waals surface area contributed by atoms with Crippen LogP contribution in [0.5, 0.6) is 5.75 Å². The van der Waals surface area contributed by atoms with Crippen molar-refractivity contribution >= 4 is 17.3 Å². The lowest BCUT2D eigenvalue weighted by Crippen LogP contribution is -2.38. The zero-order chi connectivity index (χ0) is 16.3. The molecule has 1 heterocycles. The van der Waals surface area contributed by atoms with Gasteiger partial charge in [0.25, 0.3) is 0 Å². The number of nitrogens with zero attached hydrogens (tertiary/aromatic N) is 1. The SMILES string of the molecule is CCNC(=NCCc1cccs1)NCCc1cccc(OC)c1. The van der Waals surface area contributed by atoms with E-state index in [2.05, 4.69) is 52.2 Å². The molecule has 1 aromatic carbocycles. The summed E-state index contributed by atoms with van der Waals surface area (Å²) in [5.41, 5.74) is 1.26. The summed E-state index contributed by atoms with van der Waals surface area (Å²) in [7, 11) is 1.70. The minimum absolute atomic E-state index is 0.801. The van der Waals surface area contributed by atoms with Gasteiger partial charge >= 0.3 is 0 Å². The van der Waals surface area contributed by atoms with Gasteiger partial charge in [0.05, 0.1) is 7.11 Å². The molecule has 0 bridgehead atoms. The van der Waals surface area contributed by atoms with Crippen LogP contribution in [0.15, 0.2) is 46.8 Å². The van der Waals surface area contributed by atoms with Gasteiger partial charge in [-0.15, -0.1) is 11.3 Å². The monoisotopic (exact) mass is 331 g/mol. The molecule has 5 heteroatoms. The summed E-state index contributed by atoms with van der Waals surface area (Å²) in [6.45, 7) is 4.59. The first-order chi connectivity index (χ1) is 11.3. The van der Waals surface area contributed by atoms with Crippen molar-refractivity contribution in [2.24, 2.45) is 4.99 Å². The maximum atomic E-state index is 5.25. The van der Waals surface area contributed by atoms with Crippen LogP contribution in [0, 0.1) is 0 Å². The molecule has 2 N–H and O–H groups in total. The fraction of sp³-hybridized carbons (Fsp3) is 0.389. The lowest BCUT2D eigenvalue weighted by Gasteiger charge is -2.11. The van der Waals surface area contributed by atoms with E-state index in [0.29, 0.717) is 0 Å². The molecular weight excluding hydrogens is 306 g/mol. The molecule has 0 aliphatic heterocycles. The van der Waals surface area contributed by atoms with Gasteiger partial charge in [-0.2, -0.15) is 0 Å². The van der Waals surface area contributed by atoms with Crippen molar-refractivity contribution in [3.63, 3.8) is 0 Å². The summed E-state index contributed by atoms with van der Waals surface area (Å²) in [5, 5.41) is 8.79. The Balaban J connectivity index is 1.79. The zero-order valence-electron chi connectivity index (χ0n) is 13.8. The maximum Gasteiger partial charge on any atom is 0.191 e. The van der Waals surface area contributed by atoms with E-state index in [1.54, 1.807) is 18.4 Å². The van der Waals surface area contributed by atoms with Gasteiger partial charge in [0.1, 0.15) is 5.75 Å². The number of aliphatic imine (C=N–C) groups is 1. The predicted octanol–water partition coefficient (Wildman–Crippen LogP) is 3.10. The average Bonchev–Trinajstić information content (AvgIpc) is 3.08. The van der Waals surface area contributed by atoms with E-state index in [1.807, 2.05) is 12.1 Å². The van der Waals surface area contributed by atoms with Crippen molar-refractivity contribution in [2.75, 3.05) is 26.7 Å². The summed E-state index contributed by atoms with van der Waals surface area (Å²) >= 11 is 1.78. The van der Waals surface area contributed by atoms with E-state index in [1.165, 1.54) is 10.4 Å². The molecule has 23 heavy (non-hydrogen) atoms. The number of nitrogens with one attached hydrogen (secondary N) is 2. The highest BCUT2D eigenvalue weighted by Gasteiger charge is 2.00. The van der Waals surface area contributed by atoms with E-state index >= 15 is 0 Å². The number of rotatable bonds is 8. The van der Waals surface area contributed by atoms with Crippen LogP contribution < -0.4 is 15.4 Å². The molecular formula is C18H25N3OS. The second-order valence-electron chi connectivity index (χ2n) is 5.12. The number of benzene rings is 1. The number of methoxy groups -OCH3 is 1. The first-order valence-electron chi connectivity index (χ1n) is 7.99. The highest BCUT2D eigenvalue weighted by molar-refractivity contribution is 7.09. The lowest BCUT2D eigenvalue weighted by molar-refractivity contribution is 0.414. The maximum absolute atomic E-state index is 5.25. The van der Waals surface area contributed by atoms with Crippen LogP contribution in [0.3, 0.4) is 0 Å². The van der Waals surface area contributed by atoms with Gasteiger partial charge < -0.3 is 15.4 Å². The molecule has 0 unspecified atom stereocenters. The largest absolute Gasteiger partial charge is 0.497 e. The Morgan fingerprint density at radius 3 is 2.83 bits per heavy atom. The van der Waals surface area contributed by atoms with Crippen molar-refractivity contribution in [3.8, 4) is 5.75 Å². The van der Waals surface area contributed by atoms with Gasteiger partial charge in [0.2, 0.25) is 0 Å². The molecule has 4 nitrogen and oxygen atoms in total. The third-order valence-corrected chi connectivity index (χ3v) is 4.33. The van der Waals surface area contributed by atoms with Crippen molar-refractivity contribution in [1.29, 1.82) is 0 Å². The molecule has 2 rings (SSSR count). The average molecular weight is 331 g/mol. The van der Waals surface area contributed by atoms with E-state index in [9.17, 15) is 0 Å². The van der Waals surface area contributed by atoms with Crippen LogP contribution in [0.1, 0.15) is 17.4 Å². The summed E-state index contributed by atoms with van der Waals surface area (Å²) in [6.07, 6.45) is 1.93. The summed E-state index contributed by atoms with van der Waals surface area (Å²) in [6, 6.07) is 12.4. The molecule has 124 valence electrons. The Bertz CT molecular complexity index is 596. The highest BCUT2D eigenvalue weighted by Crippen LogP contribution is 2.12. The van der Waals surface area contributed by atoms with E-state index in [0.717, 1.165) is 44.2 Å². The summed E-state index contributed by atoms with van der Waals surface area (Å²) < 4.78 is 5.25. The first-order valence-corrected chi connectivity index (χ1v) is 8.87. The Labute approximate surface area is 142 Å². The summed E-state index contributed by atoms with van der Waals surface area (Å²) in [5.74, 6) is 1.78. The van der Waals surface area contributed by atoms with E-state index in [4.69, 9.17) is 4.74 Å². The standard InChI is InChI=1S/C18H25N3OS/c1-3-19-18(21-12-10-17-8-5-13-23-17)20-11-9-15-6-4-7-16(14-15)22-2/h4-8,13-14H,3,9-12H2,1-2H3,(H2,19,20,21). The molecule has 2 aromatic rings. The van der Waals surface area contributed by atoms with Gasteiger partial charge in [-0.25, -0.2) is 0 Å². The van der Waals surface area contributed by atoms with Crippen LogP contribution in [0.2, 0.25) is 0 Å². The smallest absolute Gasteiger partial charge is 0.191 e. The molecule has 0 spiro atoms. The second-order valence-corrected chi connectivity index (χ2v) is 6.15. The van der Waals surface area contributed by atoms with E-state index < -0.39 is 0 Å². The molecule has 1 aromatic heterocycles. The molecule has 0 fully saturated rings. The van der Waals surface area contributed by atoms with Gasteiger partial charge in [-0.1, -0.05) is 18.2 Å². The second kappa shape index (κ2) is 9.90. The van der Waals surface area contributed by atoms with Crippen molar-refractivity contribution in [1.82, 2.24) is 10.6 Å². The van der Waals surface area contributed by atoms with Crippen molar-refractivity contribution in [3.05, 3.63) is 52.2 Å². The molecule has 0 saturated carbocycles. The van der Waals surface area contributed by atoms with Crippen molar-refractivity contribution < 1.29 is 4.74 Å². The Morgan fingerprint density at radius 1 is 1.17 bits per heavy atom. The molecule has 0 amide bonds. The minimum Gasteiger partial charge on any atom is -0.497 e. The number of hydrogen-bond donors (Lipinski definition) is 2. The third kappa shape index (κ3) is 6.32. The Morgan fingerprint density at radius 2 is 2.09 bits per heavy atom. The fourth-order valence-corrected chi connectivity index (χ4v) is 2.93.